The van der Waals surface area contributed by atoms with Crippen molar-refractivity contribution in [3.63, 3.8) is 0 Å². The fraction of sp³-hybridized carbons (Fsp3) is 0.893. The normalized spacial score (nSPS) is 44.4. The van der Waals surface area contributed by atoms with Crippen LogP contribution in [0.15, 0.2) is 21.9 Å². The molecule has 4 N–H and O–H groups in total. The molecule has 0 unspecified atom stereocenters. The molecule has 542 valence electrons. The van der Waals surface area contributed by atoms with E-state index in [-0.39, 0.29) is 0 Å². The number of fused-ring (bicyclic) bond motifs is 2. The van der Waals surface area contributed by atoms with Gasteiger partial charge in [0, 0.05) is 91.4 Å². The monoisotopic (exact) mass is 1400 g/mol. The summed E-state index contributed by atoms with van der Waals surface area (Å²) in [7, 11) is 7.90. The van der Waals surface area contributed by atoms with Gasteiger partial charge in [-0.15, -0.1) is 0 Å². The van der Waals surface area contributed by atoms with Crippen LogP contribution in [0.3, 0.4) is 0 Å². The Labute approximate surface area is 544 Å². The summed E-state index contributed by atoms with van der Waals surface area (Å²) in [4.78, 5) is -1.59. The Balaban J connectivity index is 1.21. The number of aliphatic hydroxyl groups is 4. The van der Waals surface area contributed by atoms with E-state index in [9.17, 15) is 37.3 Å². The van der Waals surface area contributed by atoms with Crippen LogP contribution in [0.25, 0.3) is 0 Å². The van der Waals surface area contributed by atoms with E-state index in [1.54, 1.807) is 0 Å². The van der Waals surface area contributed by atoms with Gasteiger partial charge in [0.05, 0.1) is 53.9 Å². The Bertz CT molecular complexity index is 2750. The van der Waals surface area contributed by atoms with Crippen molar-refractivity contribution in [2.24, 2.45) is 0 Å². The predicted octanol–water partition coefficient (Wildman–Crippen LogP) is -4.05. The first-order valence-corrected chi connectivity index (χ1v) is 32.8. The van der Waals surface area contributed by atoms with Crippen molar-refractivity contribution in [1.82, 2.24) is 0 Å². The molecule has 0 radical (unpaired) electrons. The molecule has 36 nitrogen and oxygen atoms in total. The van der Waals surface area contributed by atoms with Crippen molar-refractivity contribution in [2.75, 3.05) is 139 Å². The smallest absolute Gasteiger partial charge is 0.300 e. The summed E-state index contributed by atoms with van der Waals surface area (Å²) in [5.74, 6) is -0.823. The largest absolute Gasteiger partial charge is 0.495 e. The fourth-order valence-electron chi connectivity index (χ4n) is 13.5. The van der Waals surface area contributed by atoms with Gasteiger partial charge in [0.2, 0.25) is 0 Å². The first-order valence-electron chi connectivity index (χ1n) is 30.0. The second-order valence-electron chi connectivity index (χ2n) is 22.6. The van der Waals surface area contributed by atoms with Crippen LogP contribution in [-0.2, 0) is 142 Å². The number of benzene rings is 1. The molecule has 20 aliphatic heterocycles. The first kappa shape index (κ1) is 75.7. The lowest BCUT2D eigenvalue weighted by Gasteiger charge is -2.53. The quantitative estimate of drug-likeness (QED) is 0.102. The maximum absolute atomic E-state index is 14.7. The highest BCUT2D eigenvalue weighted by atomic mass is 32.2. The summed E-state index contributed by atoms with van der Waals surface area (Å²) in [6.45, 7) is -4.90. The Hall–Kier alpha value is -2.48. The van der Waals surface area contributed by atoms with Crippen LogP contribution in [0.1, 0.15) is 0 Å². The minimum Gasteiger partial charge on any atom is -0.495 e. The molecule has 94 heavy (non-hydrogen) atoms. The van der Waals surface area contributed by atoms with Gasteiger partial charge >= 0.3 is 20.2 Å². The van der Waals surface area contributed by atoms with Crippen LogP contribution in [0.2, 0.25) is 0 Å². The maximum atomic E-state index is 14.7. The van der Waals surface area contributed by atoms with E-state index in [1.165, 1.54) is 85.3 Å². The number of rotatable bonds is 18. The second-order valence-corrected chi connectivity index (χ2v) is 25.8. The van der Waals surface area contributed by atoms with Crippen molar-refractivity contribution in [3.8, 4) is 11.5 Å². The van der Waals surface area contributed by atoms with Gasteiger partial charge < -0.3 is 144 Å². The zero-order valence-electron chi connectivity index (χ0n) is 54.4. The topological polar surface area (TPSA) is 408 Å². The summed E-state index contributed by atoms with van der Waals surface area (Å²) < 4.78 is 234. The molecule has 16 bridgehead atoms. The molecule has 0 aliphatic carbocycles. The molecule has 21 rings (SSSR count). The van der Waals surface area contributed by atoms with Crippen LogP contribution in [0.4, 0.5) is 0 Å². The van der Waals surface area contributed by atoms with Crippen LogP contribution >= 0.6 is 0 Å². The van der Waals surface area contributed by atoms with Crippen molar-refractivity contribution < 1.29 is 169 Å². The standard InChI is InChI=1S/C56H90O36S2/c1-65-23-15-24(66-2)32-16-31(23)93(61,62)79-21-29-37-43(71-7)50(78-14)56(86-29)92-38-30(22-80-94(32,63)64)85-55(49(77-13)44(38)72-8)90-36-28(20-60)83-53(47(75-11)42(36)70-6)88-34-26(18-58)81-51(45(73-9)40(34)68-4)87-33-25(17-57)82-52(46(74-10)39(33)67-3)89-35-27(19-59)84-54(91-37)48(76-12)41(35)69-5/h15-16,25-30,33-60H,17-22H2,1-14H3/t25-,26-,27-,28-,29-,30-,33-,34-,35-,36-,37-,38+,39+,40+,41+,42+,43+,44+,45-,46-,47-,48-,49-,50+,51-,52-,53-,54-,55-,56+/m1/s1. The van der Waals surface area contributed by atoms with Crippen molar-refractivity contribution in [3.05, 3.63) is 12.1 Å². The maximum Gasteiger partial charge on any atom is 0.300 e. The highest BCUT2D eigenvalue weighted by Gasteiger charge is 2.61. The van der Waals surface area contributed by atoms with E-state index in [1.807, 2.05) is 0 Å². The van der Waals surface area contributed by atoms with Crippen molar-refractivity contribution in [2.45, 2.75) is 194 Å². The Morgan fingerprint density at radius 3 is 0.734 bits per heavy atom. The molecule has 1 aromatic carbocycles. The average Bonchev–Trinajstić information content (AvgIpc) is 0.928. The third-order valence-corrected chi connectivity index (χ3v) is 20.7. The van der Waals surface area contributed by atoms with Gasteiger partial charge in [0.15, 0.2) is 37.7 Å². The molecule has 0 aromatic heterocycles. The minimum absolute atomic E-state index is 0.411. The van der Waals surface area contributed by atoms with Crippen LogP contribution in [0, 0.1) is 0 Å². The van der Waals surface area contributed by atoms with E-state index in [0.29, 0.717) is 0 Å². The molecule has 30 atom stereocenters. The lowest BCUT2D eigenvalue weighted by molar-refractivity contribution is -0.409. The number of hydrogen-bond donors (Lipinski definition) is 4. The zero-order valence-corrected chi connectivity index (χ0v) is 56.0. The van der Waals surface area contributed by atoms with Gasteiger partial charge in [-0.3, -0.25) is 8.37 Å². The van der Waals surface area contributed by atoms with Crippen LogP contribution in [-0.4, -0.2) is 361 Å². The molecule has 38 heteroatoms. The molecule has 20 heterocycles. The highest BCUT2D eigenvalue weighted by molar-refractivity contribution is 7.87. The molecular formula is C56H90O36S2. The lowest BCUT2D eigenvalue weighted by Crippen LogP contribution is -2.70. The average molecular weight is 1400 g/mol. The Morgan fingerprint density at radius 1 is 0.309 bits per heavy atom. The Morgan fingerprint density at radius 2 is 0.521 bits per heavy atom. The number of ether oxygens (including phenoxy) is 26. The number of methoxy groups -OCH3 is 14. The summed E-state index contributed by atoms with van der Waals surface area (Å²) in [5, 5.41) is 44.7. The fourth-order valence-corrected chi connectivity index (χ4v) is 15.7. The molecule has 0 spiro atoms. The van der Waals surface area contributed by atoms with Crippen LogP contribution < -0.4 is 9.47 Å². The van der Waals surface area contributed by atoms with Gasteiger partial charge in [-0.25, -0.2) is 0 Å². The second kappa shape index (κ2) is 33.3. The zero-order chi connectivity index (χ0) is 68.1. The SMILES string of the molecule is COc1cc(OC)c2cc1S(=O)(=O)OC[C@H]1O[C@@H]3O[C@H]4[C@H](OC)[C@@H](OC)[C@@H](O[C@H]5[C@H](OC)[C@@H](OC)[C@@H](O[C@H]6[C@H](OC)[C@@H](OC)[C@@H](O[C@H]7[C@H](OC)[C@@H](OC)[C@@H](O[C@H]8[C@H](OC)[C@H](OC)[C@H](O[C@@H]1[C@H](OC)[C@H]3OC)O[C@@H]8COS2(=O)=O)O[C@@H]7CO)O[C@@H]6CO)O[C@@H]5CO)O[C@@H]4CO. The molecule has 0 amide bonds. The van der Waals surface area contributed by atoms with Gasteiger partial charge in [0.25, 0.3) is 0 Å². The van der Waals surface area contributed by atoms with Gasteiger partial charge in [-0.05, 0) is 6.07 Å². The van der Waals surface area contributed by atoms with E-state index in [2.05, 4.69) is 0 Å². The summed E-state index contributed by atoms with van der Waals surface area (Å²) in [5.41, 5.74) is 0. The highest BCUT2D eigenvalue weighted by Crippen LogP contribution is 2.44. The lowest BCUT2D eigenvalue weighted by atomic mass is 9.94. The van der Waals surface area contributed by atoms with E-state index in [0.717, 1.165) is 26.4 Å². The van der Waals surface area contributed by atoms with Gasteiger partial charge in [0.1, 0.15) is 168 Å². The summed E-state index contributed by atoms with van der Waals surface area (Å²) in [6.07, 6.45) is -41.6. The van der Waals surface area contributed by atoms with Crippen molar-refractivity contribution >= 4 is 20.2 Å². The third-order valence-electron chi connectivity index (χ3n) is 18.0. The van der Waals surface area contributed by atoms with E-state index < -0.39 is 265 Å². The molecular weight excluding hydrogens is 1310 g/mol. The number of aliphatic hydroxyl groups excluding tert-OH is 4. The number of hydrogen-bond acceptors (Lipinski definition) is 36. The van der Waals surface area contributed by atoms with E-state index in [4.69, 9.17) is 132 Å². The predicted molar refractivity (Wildman–Crippen MR) is 305 cm³/mol. The van der Waals surface area contributed by atoms with Gasteiger partial charge in [-0.1, -0.05) is 0 Å². The molecule has 20 aliphatic rings. The molecule has 1 aromatic rings. The van der Waals surface area contributed by atoms with Crippen LogP contribution in [0.5, 0.6) is 11.5 Å². The Kier molecular flexibility index (Phi) is 26.8. The molecule has 19 saturated heterocycles. The molecule has 0 saturated carbocycles. The summed E-state index contributed by atoms with van der Waals surface area (Å²) >= 11 is 0. The molecule has 19 fully saturated rings. The first-order chi connectivity index (χ1) is 45.3. The minimum atomic E-state index is -5.11. The van der Waals surface area contributed by atoms with Crippen molar-refractivity contribution in [1.29, 1.82) is 0 Å². The summed E-state index contributed by atoms with van der Waals surface area (Å²) in [6, 6.07) is 1.73. The van der Waals surface area contributed by atoms with Gasteiger partial charge in [-0.2, -0.15) is 16.8 Å². The third kappa shape index (κ3) is 14.8. The van der Waals surface area contributed by atoms with E-state index >= 15 is 0 Å².